The molecule has 1 aliphatic carbocycles. The van der Waals surface area contributed by atoms with Gasteiger partial charge in [-0.15, -0.1) is 0 Å². The highest BCUT2D eigenvalue weighted by Gasteiger charge is 2.42. The summed E-state index contributed by atoms with van der Waals surface area (Å²) in [4.78, 5) is 14.7. The third kappa shape index (κ3) is 2.77. The number of nitrogens with zero attached hydrogens (tertiary/aromatic N) is 1. The quantitative estimate of drug-likeness (QED) is 0.916. The number of carboxylic acid groups (broad SMARTS) is 1. The molecule has 1 aromatic heterocycles. The van der Waals surface area contributed by atoms with E-state index in [0.717, 1.165) is 12.8 Å². The number of hydrogen-bond donors (Lipinski definition) is 1. The predicted molar refractivity (Wildman–Crippen MR) is 72.0 cm³/mol. The van der Waals surface area contributed by atoms with Gasteiger partial charge >= 0.3 is 5.97 Å². The molecule has 1 unspecified atom stereocenters. The predicted octanol–water partition coefficient (Wildman–Crippen LogP) is 2.65. The molecule has 3 rings (SSSR count). The molecule has 20 heavy (non-hydrogen) atoms. The Bertz CT molecular complexity index is 496. The van der Waals surface area contributed by atoms with Crippen molar-refractivity contribution in [2.75, 3.05) is 6.61 Å². The monoisotopic (exact) mass is 277 g/mol. The van der Waals surface area contributed by atoms with Gasteiger partial charge in [0.15, 0.2) is 0 Å². The second-order valence-electron chi connectivity index (χ2n) is 5.69. The smallest absolute Gasteiger partial charge is 0.337 e. The van der Waals surface area contributed by atoms with E-state index in [2.05, 4.69) is 4.98 Å². The molecule has 1 saturated heterocycles. The number of aromatic carboxylic acids is 1. The molecule has 0 aromatic carbocycles. The lowest BCUT2D eigenvalue weighted by Gasteiger charge is -2.23. The molecule has 1 N–H and O–H groups in total. The second kappa shape index (κ2) is 5.40. The van der Waals surface area contributed by atoms with Crippen molar-refractivity contribution in [2.24, 2.45) is 0 Å². The summed E-state index contributed by atoms with van der Waals surface area (Å²) < 4.78 is 11.8. The molecular formula is C15H19NO4. The Morgan fingerprint density at radius 1 is 1.40 bits per heavy atom. The van der Waals surface area contributed by atoms with Crippen molar-refractivity contribution >= 4 is 5.97 Å². The standard InChI is InChI=1S/C15H19NO4/c17-14(18)11-7-13(9-16-8-11)19-10-12-3-6-15(20-12)4-1-2-5-15/h7-9,12H,1-6,10H2,(H,17,18). The fraction of sp³-hybridized carbons (Fsp3) is 0.600. The van der Waals surface area contributed by atoms with Crippen LogP contribution in [0.2, 0.25) is 0 Å². The average Bonchev–Trinajstić information content (AvgIpc) is 3.08. The van der Waals surface area contributed by atoms with Gasteiger partial charge in [-0.2, -0.15) is 0 Å². The van der Waals surface area contributed by atoms with Crippen LogP contribution in [0.5, 0.6) is 5.75 Å². The summed E-state index contributed by atoms with van der Waals surface area (Å²) in [6, 6.07) is 1.50. The van der Waals surface area contributed by atoms with E-state index < -0.39 is 5.97 Å². The zero-order valence-electron chi connectivity index (χ0n) is 11.4. The van der Waals surface area contributed by atoms with Crippen LogP contribution >= 0.6 is 0 Å². The fourth-order valence-electron chi connectivity index (χ4n) is 3.20. The number of pyridine rings is 1. The molecule has 5 heteroatoms. The number of carboxylic acids is 1. The summed E-state index contributed by atoms with van der Waals surface area (Å²) in [6.45, 7) is 0.465. The Morgan fingerprint density at radius 3 is 2.95 bits per heavy atom. The van der Waals surface area contributed by atoms with Gasteiger partial charge in [0.05, 0.1) is 23.5 Å². The largest absolute Gasteiger partial charge is 0.489 e. The van der Waals surface area contributed by atoms with Crippen LogP contribution in [-0.2, 0) is 4.74 Å². The topological polar surface area (TPSA) is 68.7 Å². The van der Waals surface area contributed by atoms with Crippen LogP contribution < -0.4 is 4.74 Å². The van der Waals surface area contributed by atoms with Crippen molar-refractivity contribution in [3.8, 4) is 5.75 Å². The van der Waals surface area contributed by atoms with Crippen LogP contribution in [0.25, 0.3) is 0 Å². The van der Waals surface area contributed by atoms with Gasteiger partial charge in [-0.05, 0) is 31.7 Å². The minimum atomic E-state index is -0.995. The first kappa shape index (κ1) is 13.4. The van der Waals surface area contributed by atoms with E-state index in [9.17, 15) is 4.79 Å². The minimum absolute atomic E-state index is 0.106. The van der Waals surface area contributed by atoms with Crippen LogP contribution in [0.3, 0.4) is 0 Å². The molecule has 0 radical (unpaired) electrons. The third-order valence-corrected chi connectivity index (χ3v) is 4.25. The molecule has 108 valence electrons. The molecule has 1 aliphatic heterocycles. The summed E-state index contributed by atoms with van der Waals surface area (Å²) in [7, 11) is 0. The molecule has 1 aromatic rings. The number of rotatable bonds is 4. The molecule has 5 nitrogen and oxygen atoms in total. The number of hydrogen-bond acceptors (Lipinski definition) is 4. The van der Waals surface area contributed by atoms with Crippen molar-refractivity contribution in [2.45, 2.75) is 50.2 Å². The highest BCUT2D eigenvalue weighted by molar-refractivity contribution is 5.87. The fourth-order valence-corrected chi connectivity index (χ4v) is 3.20. The van der Waals surface area contributed by atoms with Gasteiger partial charge in [-0.25, -0.2) is 4.79 Å². The lowest BCUT2D eigenvalue weighted by molar-refractivity contribution is -0.0509. The maximum absolute atomic E-state index is 10.9. The molecule has 0 bridgehead atoms. The van der Waals surface area contributed by atoms with E-state index in [1.54, 1.807) is 0 Å². The lowest BCUT2D eigenvalue weighted by atomic mass is 9.98. The second-order valence-corrected chi connectivity index (χ2v) is 5.69. The Morgan fingerprint density at radius 2 is 2.20 bits per heavy atom. The Hall–Kier alpha value is -1.62. The molecule has 1 atom stereocenters. The molecule has 0 amide bonds. The summed E-state index contributed by atoms with van der Waals surface area (Å²) in [6.07, 6.45) is 9.96. The van der Waals surface area contributed by atoms with Gasteiger partial charge in [0, 0.05) is 6.20 Å². The Balaban J connectivity index is 1.55. The SMILES string of the molecule is O=C(O)c1cncc(OCC2CCC3(CCCC3)O2)c1. The van der Waals surface area contributed by atoms with E-state index in [1.165, 1.54) is 44.1 Å². The zero-order chi connectivity index (χ0) is 14.0. The van der Waals surface area contributed by atoms with Gasteiger partial charge in [-0.3, -0.25) is 4.98 Å². The van der Waals surface area contributed by atoms with Gasteiger partial charge in [0.2, 0.25) is 0 Å². The molecule has 1 spiro atoms. The van der Waals surface area contributed by atoms with Crippen LogP contribution in [0.4, 0.5) is 0 Å². The first-order chi connectivity index (χ1) is 9.67. The maximum Gasteiger partial charge on any atom is 0.337 e. The van der Waals surface area contributed by atoms with Crippen molar-refractivity contribution < 1.29 is 19.4 Å². The van der Waals surface area contributed by atoms with E-state index >= 15 is 0 Å². The van der Waals surface area contributed by atoms with Gasteiger partial charge < -0.3 is 14.6 Å². The molecule has 2 fully saturated rings. The number of ether oxygens (including phenoxy) is 2. The van der Waals surface area contributed by atoms with E-state index in [1.807, 2.05) is 0 Å². The van der Waals surface area contributed by atoms with Crippen LogP contribution in [0, 0.1) is 0 Å². The van der Waals surface area contributed by atoms with Crippen molar-refractivity contribution in [1.82, 2.24) is 4.98 Å². The molecule has 2 aliphatic rings. The normalized spacial score (nSPS) is 24.1. The van der Waals surface area contributed by atoms with Crippen LogP contribution in [0.15, 0.2) is 18.5 Å². The zero-order valence-corrected chi connectivity index (χ0v) is 11.4. The summed E-state index contributed by atoms with van der Waals surface area (Å²) >= 11 is 0. The molecular weight excluding hydrogens is 258 g/mol. The first-order valence-electron chi connectivity index (χ1n) is 7.16. The minimum Gasteiger partial charge on any atom is -0.489 e. The van der Waals surface area contributed by atoms with E-state index in [-0.39, 0.29) is 17.3 Å². The molecule has 1 saturated carbocycles. The maximum atomic E-state index is 10.9. The van der Waals surface area contributed by atoms with Crippen LogP contribution in [-0.4, -0.2) is 34.4 Å². The van der Waals surface area contributed by atoms with Gasteiger partial charge in [-0.1, -0.05) is 12.8 Å². The molecule has 2 heterocycles. The van der Waals surface area contributed by atoms with Crippen molar-refractivity contribution in [1.29, 1.82) is 0 Å². The third-order valence-electron chi connectivity index (χ3n) is 4.25. The highest BCUT2D eigenvalue weighted by Crippen LogP contribution is 2.43. The van der Waals surface area contributed by atoms with Gasteiger partial charge in [0.25, 0.3) is 0 Å². The number of aromatic nitrogens is 1. The Labute approximate surface area is 117 Å². The van der Waals surface area contributed by atoms with Crippen molar-refractivity contribution in [3.05, 3.63) is 24.0 Å². The highest BCUT2D eigenvalue weighted by atomic mass is 16.6. The summed E-state index contributed by atoms with van der Waals surface area (Å²) in [5, 5.41) is 8.91. The number of carbonyl (C=O) groups is 1. The van der Waals surface area contributed by atoms with Crippen molar-refractivity contribution in [3.63, 3.8) is 0 Å². The Kier molecular flexibility index (Phi) is 3.61. The van der Waals surface area contributed by atoms with E-state index in [0.29, 0.717) is 12.4 Å². The average molecular weight is 277 g/mol. The van der Waals surface area contributed by atoms with E-state index in [4.69, 9.17) is 14.6 Å². The van der Waals surface area contributed by atoms with Crippen LogP contribution in [0.1, 0.15) is 48.9 Å². The lowest BCUT2D eigenvalue weighted by Crippen LogP contribution is -2.27. The summed E-state index contributed by atoms with van der Waals surface area (Å²) in [5.74, 6) is -0.508. The van der Waals surface area contributed by atoms with Gasteiger partial charge in [0.1, 0.15) is 12.4 Å². The summed E-state index contributed by atoms with van der Waals surface area (Å²) in [5.41, 5.74) is 0.247. The first-order valence-corrected chi connectivity index (χ1v) is 7.16.